The zero-order valence-electron chi connectivity index (χ0n) is 11.9. The lowest BCUT2D eigenvalue weighted by molar-refractivity contribution is -0.142. The lowest BCUT2D eigenvalue weighted by Gasteiger charge is -2.16. The Balaban J connectivity index is 1.95. The number of hydrogen-bond donors (Lipinski definition) is 1. The largest absolute Gasteiger partial charge is 0.496 e. The molecule has 0 aliphatic carbocycles. The van der Waals surface area contributed by atoms with Gasteiger partial charge in [-0.1, -0.05) is 18.2 Å². The Morgan fingerprint density at radius 3 is 2.95 bits per heavy atom. The molecule has 1 N–H and O–H groups in total. The normalized spacial score (nSPS) is 19.8. The van der Waals surface area contributed by atoms with E-state index in [-0.39, 0.29) is 12.0 Å². The quantitative estimate of drug-likeness (QED) is 0.833. The van der Waals surface area contributed by atoms with Crippen LogP contribution in [0.1, 0.15) is 31.2 Å². The molecule has 20 heavy (non-hydrogen) atoms. The maximum Gasteiger partial charge on any atom is 0.306 e. The van der Waals surface area contributed by atoms with Gasteiger partial charge in [-0.05, 0) is 43.7 Å². The van der Waals surface area contributed by atoms with Crippen molar-refractivity contribution in [3.8, 4) is 5.75 Å². The molecule has 1 aliphatic heterocycles. The molecule has 2 rings (SSSR count). The van der Waals surface area contributed by atoms with Crippen LogP contribution >= 0.6 is 0 Å². The van der Waals surface area contributed by atoms with Gasteiger partial charge in [0.2, 0.25) is 0 Å². The SMILES string of the molecule is COc1ccccc1CC(CCC1CCCO1)C(=O)O. The van der Waals surface area contributed by atoms with Crippen LogP contribution in [0, 0.1) is 5.92 Å². The second-order valence-corrected chi connectivity index (χ2v) is 5.26. The van der Waals surface area contributed by atoms with E-state index in [0.717, 1.165) is 37.2 Å². The van der Waals surface area contributed by atoms with Gasteiger partial charge in [-0.15, -0.1) is 0 Å². The van der Waals surface area contributed by atoms with Crippen LogP contribution in [0.25, 0.3) is 0 Å². The van der Waals surface area contributed by atoms with E-state index >= 15 is 0 Å². The molecule has 0 saturated carbocycles. The number of hydrogen-bond acceptors (Lipinski definition) is 3. The maximum atomic E-state index is 11.4. The number of methoxy groups -OCH3 is 1. The van der Waals surface area contributed by atoms with Gasteiger partial charge in [-0.25, -0.2) is 0 Å². The highest BCUT2D eigenvalue weighted by Gasteiger charge is 2.23. The summed E-state index contributed by atoms with van der Waals surface area (Å²) >= 11 is 0. The number of aliphatic carboxylic acids is 1. The van der Waals surface area contributed by atoms with Gasteiger partial charge in [-0.3, -0.25) is 4.79 Å². The standard InChI is InChI=1S/C16H22O4/c1-19-15-7-3-2-5-12(15)11-13(16(17)18)8-9-14-6-4-10-20-14/h2-3,5,7,13-14H,4,6,8-11H2,1H3,(H,17,18). The smallest absolute Gasteiger partial charge is 0.306 e. The van der Waals surface area contributed by atoms with E-state index in [1.54, 1.807) is 7.11 Å². The van der Waals surface area contributed by atoms with Crippen LogP contribution in [0.4, 0.5) is 0 Å². The Labute approximate surface area is 119 Å². The third-order valence-electron chi connectivity index (χ3n) is 3.87. The number of carboxylic acids is 1. The van der Waals surface area contributed by atoms with Gasteiger partial charge in [0.25, 0.3) is 0 Å². The Hall–Kier alpha value is -1.55. The first-order valence-electron chi connectivity index (χ1n) is 7.17. The van der Waals surface area contributed by atoms with Crippen LogP contribution < -0.4 is 4.74 Å². The summed E-state index contributed by atoms with van der Waals surface area (Å²) < 4.78 is 10.8. The van der Waals surface area contributed by atoms with Crippen LogP contribution in [0.15, 0.2) is 24.3 Å². The molecule has 2 atom stereocenters. The van der Waals surface area contributed by atoms with Crippen molar-refractivity contribution in [3.05, 3.63) is 29.8 Å². The minimum Gasteiger partial charge on any atom is -0.496 e. The molecule has 0 radical (unpaired) electrons. The number of ether oxygens (including phenoxy) is 2. The summed E-state index contributed by atoms with van der Waals surface area (Å²) in [7, 11) is 1.61. The van der Waals surface area contributed by atoms with Crippen molar-refractivity contribution in [2.24, 2.45) is 5.92 Å². The predicted octanol–water partition coefficient (Wildman–Crippen LogP) is 2.90. The van der Waals surface area contributed by atoms with Crippen LogP contribution in [0.2, 0.25) is 0 Å². The molecular formula is C16H22O4. The molecule has 110 valence electrons. The fourth-order valence-electron chi connectivity index (χ4n) is 2.71. The summed E-state index contributed by atoms with van der Waals surface area (Å²) in [6, 6.07) is 7.61. The highest BCUT2D eigenvalue weighted by Crippen LogP contribution is 2.25. The van der Waals surface area contributed by atoms with Gasteiger partial charge < -0.3 is 14.6 Å². The Morgan fingerprint density at radius 1 is 1.50 bits per heavy atom. The fourth-order valence-corrected chi connectivity index (χ4v) is 2.71. The summed E-state index contributed by atoms with van der Waals surface area (Å²) in [6.07, 6.45) is 4.38. The molecule has 1 aliphatic rings. The van der Waals surface area contributed by atoms with Gasteiger partial charge in [0.15, 0.2) is 0 Å². The van der Waals surface area contributed by atoms with Gasteiger partial charge in [-0.2, -0.15) is 0 Å². The average Bonchev–Trinajstić information content (AvgIpc) is 2.96. The highest BCUT2D eigenvalue weighted by molar-refractivity contribution is 5.70. The van der Waals surface area contributed by atoms with Crippen molar-refractivity contribution in [1.29, 1.82) is 0 Å². The van der Waals surface area contributed by atoms with Crippen molar-refractivity contribution in [2.75, 3.05) is 13.7 Å². The number of rotatable bonds is 7. The van der Waals surface area contributed by atoms with E-state index in [2.05, 4.69) is 0 Å². The molecule has 4 heteroatoms. The predicted molar refractivity (Wildman–Crippen MR) is 76.0 cm³/mol. The molecule has 4 nitrogen and oxygen atoms in total. The number of carboxylic acid groups (broad SMARTS) is 1. The van der Waals surface area contributed by atoms with Crippen LogP contribution in [-0.4, -0.2) is 30.9 Å². The minimum absolute atomic E-state index is 0.245. The van der Waals surface area contributed by atoms with E-state index in [4.69, 9.17) is 9.47 Å². The molecule has 1 saturated heterocycles. The summed E-state index contributed by atoms with van der Waals surface area (Å²) in [4.78, 5) is 11.4. The van der Waals surface area contributed by atoms with E-state index in [9.17, 15) is 9.90 Å². The van der Waals surface area contributed by atoms with Crippen molar-refractivity contribution in [3.63, 3.8) is 0 Å². The average molecular weight is 278 g/mol. The van der Waals surface area contributed by atoms with Crippen LogP contribution in [0.5, 0.6) is 5.75 Å². The molecule has 0 bridgehead atoms. The molecule has 0 aromatic heterocycles. The maximum absolute atomic E-state index is 11.4. The summed E-state index contributed by atoms with van der Waals surface area (Å²) in [6.45, 7) is 0.814. The fraction of sp³-hybridized carbons (Fsp3) is 0.562. The summed E-state index contributed by atoms with van der Waals surface area (Å²) in [5.74, 6) is -0.361. The van der Waals surface area contributed by atoms with Crippen LogP contribution in [-0.2, 0) is 16.0 Å². The summed E-state index contributed by atoms with van der Waals surface area (Å²) in [5.41, 5.74) is 0.953. The number of para-hydroxylation sites is 1. The zero-order chi connectivity index (χ0) is 14.4. The molecule has 1 fully saturated rings. The second-order valence-electron chi connectivity index (χ2n) is 5.26. The molecule has 0 spiro atoms. The molecule has 1 aromatic carbocycles. The molecule has 0 amide bonds. The van der Waals surface area contributed by atoms with Crippen molar-refractivity contribution >= 4 is 5.97 Å². The van der Waals surface area contributed by atoms with E-state index in [1.807, 2.05) is 24.3 Å². The molecule has 2 unspecified atom stereocenters. The van der Waals surface area contributed by atoms with Crippen LogP contribution in [0.3, 0.4) is 0 Å². The third kappa shape index (κ3) is 3.97. The van der Waals surface area contributed by atoms with E-state index in [1.165, 1.54) is 0 Å². The first-order chi connectivity index (χ1) is 9.70. The van der Waals surface area contributed by atoms with E-state index in [0.29, 0.717) is 12.8 Å². The third-order valence-corrected chi connectivity index (χ3v) is 3.87. The molecule has 1 heterocycles. The molecule has 1 aromatic rings. The first kappa shape index (κ1) is 14.9. The topological polar surface area (TPSA) is 55.8 Å². The minimum atomic E-state index is -0.742. The Morgan fingerprint density at radius 2 is 2.30 bits per heavy atom. The van der Waals surface area contributed by atoms with Crippen molar-refractivity contribution in [1.82, 2.24) is 0 Å². The monoisotopic (exact) mass is 278 g/mol. The highest BCUT2D eigenvalue weighted by atomic mass is 16.5. The zero-order valence-corrected chi connectivity index (χ0v) is 11.9. The van der Waals surface area contributed by atoms with Crippen molar-refractivity contribution < 1.29 is 19.4 Å². The second kappa shape index (κ2) is 7.29. The van der Waals surface area contributed by atoms with Gasteiger partial charge in [0, 0.05) is 6.61 Å². The number of benzene rings is 1. The van der Waals surface area contributed by atoms with Gasteiger partial charge >= 0.3 is 5.97 Å². The summed E-state index contributed by atoms with van der Waals surface area (Å²) in [5, 5.41) is 9.39. The number of carbonyl (C=O) groups is 1. The van der Waals surface area contributed by atoms with Gasteiger partial charge in [0.05, 0.1) is 19.1 Å². The lowest BCUT2D eigenvalue weighted by atomic mass is 9.92. The van der Waals surface area contributed by atoms with Crippen molar-refractivity contribution in [2.45, 2.75) is 38.2 Å². The van der Waals surface area contributed by atoms with Gasteiger partial charge in [0.1, 0.15) is 5.75 Å². The first-order valence-corrected chi connectivity index (χ1v) is 7.17. The Bertz CT molecular complexity index is 438. The molecular weight excluding hydrogens is 256 g/mol. The van der Waals surface area contributed by atoms with E-state index < -0.39 is 5.97 Å². The lowest BCUT2D eigenvalue weighted by Crippen LogP contribution is -2.19. The Kier molecular flexibility index (Phi) is 5.41.